The fourth-order valence-corrected chi connectivity index (χ4v) is 16.7. The largest absolute Gasteiger partial charge is 0.396 e. The van der Waals surface area contributed by atoms with E-state index in [1.54, 1.807) is 0 Å². The molecule has 3 fully saturated rings. The van der Waals surface area contributed by atoms with Crippen molar-refractivity contribution in [2.24, 2.45) is 29.6 Å². The van der Waals surface area contributed by atoms with Crippen LogP contribution in [0.5, 0.6) is 0 Å². The third-order valence-corrected chi connectivity index (χ3v) is 22.8. The zero-order chi connectivity index (χ0) is 67.9. The van der Waals surface area contributed by atoms with Gasteiger partial charge in [-0.2, -0.15) is 0 Å². The van der Waals surface area contributed by atoms with Crippen molar-refractivity contribution < 1.29 is 44.7 Å². The molecule has 0 aromatic heterocycles. The van der Waals surface area contributed by atoms with Gasteiger partial charge in [-0.1, -0.05) is 284 Å². The highest BCUT2D eigenvalue weighted by Crippen LogP contribution is 2.47. The van der Waals surface area contributed by atoms with Crippen LogP contribution in [0.1, 0.15) is 419 Å². The lowest BCUT2D eigenvalue weighted by Crippen LogP contribution is -2.53. The minimum Gasteiger partial charge on any atom is -0.396 e. The molecule has 3 aliphatic carbocycles. The van der Waals surface area contributed by atoms with Crippen LogP contribution in [-0.2, 0) is 19.2 Å². The van der Waals surface area contributed by atoms with Gasteiger partial charge in [0.15, 0.2) is 0 Å². The number of rotatable bonds is 63. The minimum atomic E-state index is -0.703. The predicted molar refractivity (Wildman–Crippen MR) is 393 cm³/mol. The maximum absolute atomic E-state index is 13.5. The normalized spacial score (nSPS) is 22.2. The van der Waals surface area contributed by atoms with Gasteiger partial charge in [-0.15, -0.1) is 0 Å². The Morgan fingerprint density at radius 3 is 0.936 bits per heavy atom. The molecular formula is C82H155N3O9. The van der Waals surface area contributed by atoms with E-state index in [0.717, 1.165) is 216 Å². The third kappa shape index (κ3) is 43.4. The Balaban J connectivity index is 1.40. The number of hydrogen-bond donors (Lipinski definition) is 8. The number of unbranched alkanes of at least 4 members (excludes halogenated alkanes) is 31. The molecule has 12 nitrogen and oxygen atoms in total. The maximum atomic E-state index is 13.5. The average Bonchev–Trinajstić information content (AvgIpc) is 0.953. The van der Waals surface area contributed by atoms with Crippen molar-refractivity contribution in [3.8, 4) is 0 Å². The molecule has 0 radical (unpaired) electrons. The van der Waals surface area contributed by atoms with Crippen LogP contribution in [0.2, 0.25) is 0 Å². The van der Waals surface area contributed by atoms with Gasteiger partial charge >= 0.3 is 0 Å². The first kappa shape index (κ1) is 86.1. The number of carbonyl (C=O) groups is 4. The molecule has 552 valence electrons. The van der Waals surface area contributed by atoms with Crippen molar-refractivity contribution in [2.75, 3.05) is 6.61 Å². The van der Waals surface area contributed by atoms with E-state index in [-0.39, 0.29) is 48.4 Å². The van der Waals surface area contributed by atoms with Crippen molar-refractivity contribution in [2.45, 2.75) is 461 Å². The Bertz CT molecular complexity index is 1680. The first-order chi connectivity index (χ1) is 45.9. The molecule has 0 heterocycles. The molecule has 3 rings (SSSR count). The molecule has 0 aromatic rings. The molecule has 8 N–H and O–H groups in total. The van der Waals surface area contributed by atoms with Gasteiger partial charge in [-0.3, -0.25) is 19.2 Å². The van der Waals surface area contributed by atoms with Crippen molar-refractivity contribution in [1.29, 1.82) is 0 Å². The van der Waals surface area contributed by atoms with E-state index in [0.29, 0.717) is 70.0 Å². The van der Waals surface area contributed by atoms with E-state index in [2.05, 4.69) is 36.7 Å². The van der Waals surface area contributed by atoms with E-state index < -0.39 is 24.4 Å². The van der Waals surface area contributed by atoms with Crippen molar-refractivity contribution >= 4 is 23.5 Å². The fraction of sp³-hybridized carbons (Fsp3) is 0.951. The Labute approximate surface area is 579 Å². The Hall–Kier alpha value is -2.12. The number of carbonyl (C=O) groups excluding carboxylic acids is 4. The summed E-state index contributed by atoms with van der Waals surface area (Å²) in [5.41, 5.74) is 0. The van der Waals surface area contributed by atoms with Crippen LogP contribution in [0, 0.1) is 29.6 Å². The van der Waals surface area contributed by atoms with Gasteiger partial charge in [0.1, 0.15) is 5.78 Å². The molecule has 0 aliphatic heterocycles. The molecule has 3 saturated carbocycles. The lowest BCUT2D eigenvalue weighted by atomic mass is 9.63. The van der Waals surface area contributed by atoms with Crippen LogP contribution in [0.4, 0.5) is 0 Å². The van der Waals surface area contributed by atoms with Crippen molar-refractivity contribution in [1.82, 2.24) is 16.0 Å². The molecule has 3 amide bonds. The molecular weight excluding hydrogens is 1170 g/mol. The highest BCUT2D eigenvalue weighted by molar-refractivity contribution is 5.79. The van der Waals surface area contributed by atoms with Gasteiger partial charge in [0, 0.05) is 56.8 Å². The predicted octanol–water partition coefficient (Wildman–Crippen LogP) is 19.8. The second kappa shape index (κ2) is 58.7. The Kier molecular flexibility index (Phi) is 53.7. The highest BCUT2D eigenvalue weighted by atomic mass is 16.3. The molecule has 0 bridgehead atoms. The van der Waals surface area contributed by atoms with Crippen molar-refractivity contribution in [3.05, 3.63) is 0 Å². The number of hydrogen-bond acceptors (Lipinski definition) is 9. The summed E-state index contributed by atoms with van der Waals surface area (Å²) in [5.74, 6) is 4.39. The average molecular weight is 1330 g/mol. The quantitative estimate of drug-likeness (QED) is 0.0272. The molecule has 12 atom stereocenters. The number of nitrogens with one attached hydrogen (secondary N) is 3. The zero-order valence-corrected chi connectivity index (χ0v) is 61.8. The molecule has 0 spiro atoms. The summed E-state index contributed by atoms with van der Waals surface area (Å²) in [7, 11) is 0. The second-order valence-corrected chi connectivity index (χ2v) is 31.1. The fourth-order valence-electron chi connectivity index (χ4n) is 16.7. The number of aliphatic hydroxyl groups excluding tert-OH is 5. The number of aliphatic hydroxyl groups is 5. The first-order valence-corrected chi connectivity index (χ1v) is 41.6. The van der Waals surface area contributed by atoms with Gasteiger partial charge in [-0.25, -0.2) is 0 Å². The van der Waals surface area contributed by atoms with E-state index in [1.165, 1.54) is 141 Å². The zero-order valence-electron chi connectivity index (χ0n) is 61.8. The van der Waals surface area contributed by atoms with Crippen molar-refractivity contribution in [3.63, 3.8) is 0 Å². The summed E-state index contributed by atoms with van der Waals surface area (Å²) in [6, 6.07) is 0.159. The first-order valence-electron chi connectivity index (χ1n) is 41.6. The van der Waals surface area contributed by atoms with E-state index in [9.17, 15) is 39.6 Å². The number of ketones is 1. The lowest BCUT2D eigenvalue weighted by molar-refractivity contribution is -0.125. The van der Waals surface area contributed by atoms with E-state index >= 15 is 0 Å². The van der Waals surface area contributed by atoms with Gasteiger partial charge in [0.2, 0.25) is 17.7 Å². The Morgan fingerprint density at radius 2 is 0.574 bits per heavy atom. The van der Waals surface area contributed by atoms with E-state index in [4.69, 9.17) is 5.11 Å². The molecule has 94 heavy (non-hydrogen) atoms. The second-order valence-electron chi connectivity index (χ2n) is 31.1. The van der Waals surface area contributed by atoms with Crippen LogP contribution in [0.25, 0.3) is 0 Å². The summed E-state index contributed by atoms with van der Waals surface area (Å²) in [4.78, 5) is 53.2. The van der Waals surface area contributed by atoms with Gasteiger partial charge in [-0.05, 0) is 132 Å². The van der Waals surface area contributed by atoms with Gasteiger partial charge < -0.3 is 41.5 Å². The molecule has 12 heteroatoms. The highest BCUT2D eigenvalue weighted by Gasteiger charge is 2.36. The maximum Gasteiger partial charge on any atom is 0.220 e. The standard InChI is InChI=1S/C82H155N3O9/c1-4-7-10-12-20-31-47-67-64-69(49-33-26-28-35-52-72(87)66-71-51-41-42-53-73(71)83-80(92)60-38-24-18-14-16-22-36-57-77(89)76(88)56-30-9-6-3)70(65-68(67)48-32-21-13-11-8-5-2)50-34-27-29-40-62-82(94)85-75-55-44-43-54-74(75)84-81(93)61-39-25-19-15-17-23-37-58-78(90)79(91)59-45-46-63-86/h67-71,73-79,86,88-91H,4-66H2,1-3H3,(H,83,92)(H,84,93)(H,85,94)/t67?,68?,69?,70?,71-,73-,74+,75-,76?,77?,78?,79?/m0/s1. The monoisotopic (exact) mass is 1330 g/mol. The lowest BCUT2D eigenvalue weighted by Gasteiger charge is -2.42. The van der Waals surface area contributed by atoms with Crippen LogP contribution < -0.4 is 16.0 Å². The summed E-state index contributed by atoms with van der Waals surface area (Å²) in [6.45, 7) is 6.91. The number of amides is 3. The topological polar surface area (TPSA) is 206 Å². The SMILES string of the molecule is CCCCCCCCC1CC(CCCCCCC(=O)C[C@@H]2CCCC[C@@H]2NC(=O)CCCCCCCCCC(O)C(O)CCCCC)C(CCCCCCC(=O)N[C@H]2CCCC[C@H]2NC(=O)CCCCCCCCCC(O)C(O)CCCCO)CC1CCCCCCCC. The van der Waals surface area contributed by atoms with Crippen LogP contribution in [0.15, 0.2) is 0 Å². The van der Waals surface area contributed by atoms with Crippen LogP contribution in [0.3, 0.4) is 0 Å². The van der Waals surface area contributed by atoms with Gasteiger partial charge in [0.25, 0.3) is 0 Å². The molecule has 0 aromatic carbocycles. The summed E-state index contributed by atoms with van der Waals surface area (Å²) in [6.07, 6.45) is 64.2. The van der Waals surface area contributed by atoms with Crippen LogP contribution >= 0.6 is 0 Å². The molecule has 0 saturated heterocycles. The summed E-state index contributed by atoms with van der Waals surface area (Å²) in [5, 5.41) is 59.8. The van der Waals surface area contributed by atoms with Gasteiger partial charge in [0.05, 0.1) is 24.4 Å². The van der Waals surface area contributed by atoms with E-state index in [1.807, 2.05) is 0 Å². The Morgan fingerprint density at radius 1 is 0.309 bits per heavy atom. The number of Topliss-reactive ketones (excluding diaryl/α,β-unsaturated/α-hetero) is 1. The van der Waals surface area contributed by atoms with Crippen LogP contribution in [-0.4, -0.2) is 98.2 Å². The minimum absolute atomic E-state index is 0.0132. The molecule has 8 unspecified atom stereocenters. The molecule has 3 aliphatic rings. The smallest absolute Gasteiger partial charge is 0.220 e. The summed E-state index contributed by atoms with van der Waals surface area (Å²) < 4.78 is 0. The third-order valence-electron chi connectivity index (χ3n) is 22.8. The summed E-state index contributed by atoms with van der Waals surface area (Å²) >= 11 is 0.